The van der Waals surface area contributed by atoms with Crippen LogP contribution in [0.1, 0.15) is 44.7 Å². The number of rotatable bonds is 6. The maximum absolute atomic E-state index is 12.6. The second-order valence-corrected chi connectivity index (χ2v) is 7.58. The van der Waals surface area contributed by atoms with E-state index in [1.165, 1.54) is 12.8 Å². The van der Waals surface area contributed by atoms with Crippen LogP contribution < -0.4 is 10.1 Å². The van der Waals surface area contributed by atoms with Crippen LogP contribution in [0, 0.1) is 5.92 Å². The minimum atomic E-state index is -0.217. The summed E-state index contributed by atoms with van der Waals surface area (Å²) in [7, 11) is 0. The minimum absolute atomic E-state index is 0.0313. The van der Waals surface area contributed by atoms with Gasteiger partial charge in [0.1, 0.15) is 0 Å². The van der Waals surface area contributed by atoms with Gasteiger partial charge in [-0.05, 0) is 47.6 Å². The molecule has 0 saturated heterocycles. The number of aromatic nitrogens is 1. The second-order valence-electron chi connectivity index (χ2n) is 7.58. The third kappa shape index (κ3) is 3.51. The molecule has 1 amide bonds. The number of carbonyl (C=O) groups excluding carboxylic acids is 2. The molecule has 0 radical (unpaired) electrons. The van der Waals surface area contributed by atoms with Crippen LogP contribution >= 0.6 is 0 Å². The number of hydrogen-bond acceptors (Lipinski definition) is 4. The van der Waals surface area contributed by atoms with Crippen LogP contribution in [0.3, 0.4) is 0 Å². The van der Waals surface area contributed by atoms with E-state index in [0.717, 1.165) is 23.3 Å². The molecule has 0 aliphatic heterocycles. The molecule has 0 bridgehead atoms. The number of carbonyl (C=O) groups is 2. The van der Waals surface area contributed by atoms with E-state index in [0.29, 0.717) is 35.0 Å². The van der Waals surface area contributed by atoms with Crippen molar-refractivity contribution >= 4 is 11.7 Å². The molecular formula is C24H20N2O3. The average molecular weight is 384 g/mol. The van der Waals surface area contributed by atoms with Crippen molar-refractivity contribution in [2.24, 2.45) is 5.92 Å². The summed E-state index contributed by atoms with van der Waals surface area (Å²) >= 11 is 0. The molecule has 5 rings (SSSR count). The normalized spacial score (nSPS) is 14.3. The topological polar surface area (TPSA) is 68.3 Å². The maximum atomic E-state index is 12.6. The molecule has 5 nitrogen and oxygen atoms in total. The highest BCUT2D eigenvalue weighted by Crippen LogP contribution is 2.36. The third-order valence-electron chi connectivity index (χ3n) is 5.40. The Kier molecular flexibility index (Phi) is 4.35. The summed E-state index contributed by atoms with van der Waals surface area (Å²) in [4.78, 5) is 29.5. The Morgan fingerprint density at radius 2 is 1.79 bits per heavy atom. The smallest absolute Gasteiger partial charge is 0.251 e. The highest BCUT2D eigenvalue weighted by Gasteiger charge is 2.27. The van der Waals surface area contributed by atoms with Gasteiger partial charge in [0.2, 0.25) is 5.88 Å². The van der Waals surface area contributed by atoms with Crippen LogP contribution in [0.15, 0.2) is 60.8 Å². The largest absolute Gasteiger partial charge is 0.477 e. The van der Waals surface area contributed by atoms with E-state index in [-0.39, 0.29) is 11.7 Å². The molecule has 0 spiro atoms. The first-order chi connectivity index (χ1) is 14.2. The van der Waals surface area contributed by atoms with Gasteiger partial charge in [0.05, 0.1) is 6.61 Å². The number of benzene rings is 2. The molecule has 1 aromatic heterocycles. The molecule has 5 heteroatoms. The first kappa shape index (κ1) is 17.6. The van der Waals surface area contributed by atoms with E-state index in [2.05, 4.69) is 10.3 Å². The van der Waals surface area contributed by atoms with Gasteiger partial charge in [-0.25, -0.2) is 4.98 Å². The van der Waals surface area contributed by atoms with Crippen molar-refractivity contribution in [3.8, 4) is 17.0 Å². The Balaban J connectivity index is 1.24. The van der Waals surface area contributed by atoms with Gasteiger partial charge >= 0.3 is 0 Å². The highest BCUT2D eigenvalue weighted by atomic mass is 16.5. The zero-order valence-corrected chi connectivity index (χ0v) is 15.9. The first-order valence-electron chi connectivity index (χ1n) is 9.83. The van der Waals surface area contributed by atoms with E-state index in [1.807, 2.05) is 42.5 Å². The number of fused-ring (bicyclic) bond motifs is 3. The lowest BCUT2D eigenvalue weighted by Gasteiger charge is -2.08. The molecule has 144 valence electrons. The van der Waals surface area contributed by atoms with E-state index in [1.54, 1.807) is 18.3 Å². The molecule has 3 aromatic rings. The predicted molar refractivity (Wildman–Crippen MR) is 109 cm³/mol. The van der Waals surface area contributed by atoms with Crippen molar-refractivity contribution in [3.05, 3.63) is 83.0 Å². The van der Waals surface area contributed by atoms with Gasteiger partial charge < -0.3 is 10.1 Å². The minimum Gasteiger partial charge on any atom is -0.477 e. The SMILES string of the molecule is O=C(NCc1ccc(OCC2CC2)nc1)c1ccc2c(c1)C(=O)c1ccccc1-2. The summed E-state index contributed by atoms with van der Waals surface area (Å²) in [6.45, 7) is 1.09. The van der Waals surface area contributed by atoms with Gasteiger partial charge in [-0.15, -0.1) is 0 Å². The molecule has 0 unspecified atom stereocenters. The summed E-state index contributed by atoms with van der Waals surface area (Å²) in [5, 5.41) is 2.89. The zero-order valence-electron chi connectivity index (χ0n) is 15.9. The predicted octanol–water partition coefficient (Wildman–Crippen LogP) is 4.01. The summed E-state index contributed by atoms with van der Waals surface area (Å²) in [6.07, 6.45) is 4.19. The summed E-state index contributed by atoms with van der Waals surface area (Å²) < 4.78 is 5.63. The summed E-state index contributed by atoms with van der Waals surface area (Å²) in [5.74, 6) is 1.05. The Morgan fingerprint density at radius 1 is 1.00 bits per heavy atom. The van der Waals surface area contributed by atoms with Gasteiger partial charge in [0.15, 0.2) is 5.78 Å². The number of pyridine rings is 1. The van der Waals surface area contributed by atoms with Crippen molar-refractivity contribution in [3.63, 3.8) is 0 Å². The van der Waals surface area contributed by atoms with Crippen LogP contribution in [0.2, 0.25) is 0 Å². The fourth-order valence-corrected chi connectivity index (χ4v) is 3.54. The fraction of sp³-hybridized carbons (Fsp3) is 0.208. The Bertz CT molecular complexity index is 1100. The van der Waals surface area contributed by atoms with E-state index in [4.69, 9.17) is 4.74 Å². The van der Waals surface area contributed by atoms with Crippen LogP contribution in [0.25, 0.3) is 11.1 Å². The van der Waals surface area contributed by atoms with Crippen molar-refractivity contribution < 1.29 is 14.3 Å². The molecule has 2 aliphatic rings. The lowest BCUT2D eigenvalue weighted by atomic mass is 10.0. The van der Waals surface area contributed by atoms with Crippen LogP contribution in [-0.2, 0) is 6.54 Å². The van der Waals surface area contributed by atoms with Crippen LogP contribution in [0.5, 0.6) is 5.88 Å². The van der Waals surface area contributed by atoms with Crippen molar-refractivity contribution in [2.75, 3.05) is 6.61 Å². The number of nitrogens with zero attached hydrogens (tertiary/aromatic N) is 1. The van der Waals surface area contributed by atoms with Crippen LogP contribution in [0.4, 0.5) is 0 Å². The quantitative estimate of drug-likeness (QED) is 0.545. The fourth-order valence-electron chi connectivity index (χ4n) is 3.54. The Morgan fingerprint density at radius 3 is 2.55 bits per heavy atom. The molecule has 2 aromatic carbocycles. The lowest BCUT2D eigenvalue weighted by molar-refractivity contribution is 0.0951. The molecule has 0 atom stereocenters. The lowest BCUT2D eigenvalue weighted by Crippen LogP contribution is -2.23. The number of amides is 1. The van der Waals surface area contributed by atoms with Crippen LogP contribution in [-0.4, -0.2) is 23.3 Å². The van der Waals surface area contributed by atoms with E-state index in [9.17, 15) is 9.59 Å². The molecule has 1 saturated carbocycles. The van der Waals surface area contributed by atoms with Gasteiger partial charge in [-0.1, -0.05) is 36.4 Å². The standard InChI is InChI=1S/C24H20N2O3/c27-23-20-4-2-1-3-18(20)19-9-8-17(11-21(19)23)24(28)26-13-16-7-10-22(25-12-16)29-14-15-5-6-15/h1-4,7-12,15H,5-6,13-14H2,(H,26,28). The van der Waals surface area contributed by atoms with E-state index < -0.39 is 0 Å². The van der Waals surface area contributed by atoms with Gasteiger partial charge in [0.25, 0.3) is 5.91 Å². The molecule has 1 heterocycles. The first-order valence-corrected chi connectivity index (χ1v) is 9.83. The monoisotopic (exact) mass is 384 g/mol. The molecular weight excluding hydrogens is 364 g/mol. The zero-order chi connectivity index (χ0) is 19.8. The van der Waals surface area contributed by atoms with Gasteiger partial charge in [-0.2, -0.15) is 0 Å². The molecule has 2 aliphatic carbocycles. The van der Waals surface area contributed by atoms with Crippen molar-refractivity contribution in [1.29, 1.82) is 0 Å². The Hall–Kier alpha value is -3.47. The van der Waals surface area contributed by atoms with Crippen molar-refractivity contribution in [2.45, 2.75) is 19.4 Å². The second kappa shape index (κ2) is 7.17. The highest BCUT2D eigenvalue weighted by molar-refractivity contribution is 6.22. The number of ketones is 1. The van der Waals surface area contributed by atoms with E-state index >= 15 is 0 Å². The van der Waals surface area contributed by atoms with Gasteiger partial charge in [0, 0.05) is 35.5 Å². The Labute approximate surface area is 168 Å². The van der Waals surface area contributed by atoms with Gasteiger partial charge in [-0.3, -0.25) is 9.59 Å². The average Bonchev–Trinajstić information content (AvgIpc) is 3.56. The summed E-state index contributed by atoms with van der Waals surface area (Å²) in [6, 6.07) is 16.5. The number of hydrogen-bond donors (Lipinski definition) is 1. The summed E-state index contributed by atoms with van der Waals surface area (Å²) in [5.41, 5.74) is 4.44. The van der Waals surface area contributed by atoms with Crippen molar-refractivity contribution in [1.82, 2.24) is 10.3 Å². The maximum Gasteiger partial charge on any atom is 0.251 e. The molecule has 29 heavy (non-hydrogen) atoms. The number of ether oxygens (including phenoxy) is 1. The molecule has 1 fully saturated rings. The third-order valence-corrected chi connectivity index (χ3v) is 5.40. The number of nitrogens with one attached hydrogen (secondary N) is 1. The molecule has 1 N–H and O–H groups in total.